The molecule has 2 heterocycles. The molecule has 3 aromatic rings. The molecule has 0 saturated heterocycles. The fourth-order valence-electron chi connectivity index (χ4n) is 2.79. The Hall–Kier alpha value is -3.07. The number of hydrogen-bond acceptors (Lipinski definition) is 6. The van der Waals surface area contributed by atoms with Crippen LogP contribution in [-0.2, 0) is 4.79 Å². The molecule has 1 aliphatic heterocycles. The van der Waals surface area contributed by atoms with Gasteiger partial charge in [0.2, 0.25) is 11.7 Å². The van der Waals surface area contributed by atoms with Crippen molar-refractivity contribution >= 4 is 33.2 Å². The third-order valence-corrected chi connectivity index (χ3v) is 4.81. The van der Waals surface area contributed by atoms with Gasteiger partial charge in [-0.15, -0.1) is 0 Å². The second-order valence-corrected chi connectivity index (χ2v) is 6.75. The van der Waals surface area contributed by atoms with Crippen LogP contribution in [0.2, 0.25) is 0 Å². The number of aromatic nitrogens is 2. The maximum Gasteiger partial charge on any atom is 0.274 e. The first kappa shape index (κ1) is 17.3. The molecule has 1 amide bonds. The molecule has 7 nitrogen and oxygen atoms in total. The van der Waals surface area contributed by atoms with Gasteiger partial charge in [-0.05, 0) is 36.4 Å². The summed E-state index contributed by atoms with van der Waals surface area (Å²) >= 11 is 3.45. The fourth-order valence-corrected chi connectivity index (χ4v) is 3.25. The van der Waals surface area contributed by atoms with Gasteiger partial charge in [-0.3, -0.25) is 9.80 Å². The van der Waals surface area contributed by atoms with Crippen molar-refractivity contribution in [1.82, 2.24) is 10.1 Å². The molecule has 0 aliphatic carbocycles. The molecule has 9 heteroatoms. The van der Waals surface area contributed by atoms with Crippen molar-refractivity contribution in [3.05, 3.63) is 64.7 Å². The van der Waals surface area contributed by atoms with E-state index in [0.29, 0.717) is 17.2 Å². The first-order valence-electron chi connectivity index (χ1n) is 8.03. The maximum atomic E-state index is 13.2. The number of hydrazone groups is 1. The lowest BCUT2D eigenvalue weighted by Crippen LogP contribution is -2.39. The van der Waals surface area contributed by atoms with Crippen molar-refractivity contribution in [3.8, 4) is 11.4 Å². The van der Waals surface area contributed by atoms with Gasteiger partial charge in [-0.25, -0.2) is 4.39 Å². The van der Waals surface area contributed by atoms with Crippen LogP contribution in [0.5, 0.6) is 0 Å². The van der Waals surface area contributed by atoms with Crippen molar-refractivity contribution < 1.29 is 13.7 Å². The molecule has 1 aliphatic rings. The van der Waals surface area contributed by atoms with E-state index in [1.54, 1.807) is 0 Å². The third-order valence-electron chi connectivity index (χ3n) is 4.12. The van der Waals surface area contributed by atoms with Crippen LogP contribution in [-0.4, -0.2) is 27.8 Å². The minimum absolute atomic E-state index is 0.205. The van der Waals surface area contributed by atoms with Crippen LogP contribution in [0.15, 0.2) is 62.6 Å². The second-order valence-electron chi connectivity index (χ2n) is 5.89. The molecule has 27 heavy (non-hydrogen) atoms. The van der Waals surface area contributed by atoms with Crippen molar-refractivity contribution in [3.63, 3.8) is 0 Å². The Morgan fingerprint density at radius 3 is 2.67 bits per heavy atom. The molecular weight excluding hydrogens is 417 g/mol. The van der Waals surface area contributed by atoms with E-state index in [2.05, 4.69) is 31.2 Å². The Morgan fingerprint density at radius 1 is 1.22 bits per heavy atom. The summed E-state index contributed by atoms with van der Waals surface area (Å²) in [5.74, 6) is -0.330. The van der Waals surface area contributed by atoms with Gasteiger partial charge in [0.15, 0.2) is 0 Å². The van der Waals surface area contributed by atoms with Crippen LogP contribution < -0.4 is 10.7 Å². The van der Waals surface area contributed by atoms with Gasteiger partial charge in [0.05, 0.1) is 5.69 Å². The summed E-state index contributed by atoms with van der Waals surface area (Å²) < 4.78 is 19.3. The first-order valence-corrected chi connectivity index (χ1v) is 8.83. The number of benzene rings is 2. The lowest BCUT2D eigenvalue weighted by molar-refractivity contribution is -0.119. The predicted octanol–water partition coefficient (Wildman–Crippen LogP) is 3.11. The Morgan fingerprint density at radius 2 is 1.96 bits per heavy atom. The Labute approximate surface area is 161 Å². The Bertz CT molecular complexity index is 1030. The molecule has 2 aromatic carbocycles. The highest BCUT2D eigenvalue weighted by atomic mass is 79.9. The topological polar surface area (TPSA) is 97.6 Å². The SMILES string of the molecule is NC(=O)[C@H]1CC(c2nc(-c3ccccc3Br)no2)=NN1c1ccc(F)cc1. The average molecular weight is 430 g/mol. The van der Waals surface area contributed by atoms with Gasteiger partial charge in [0, 0.05) is 16.5 Å². The fraction of sp³-hybridized carbons (Fsp3) is 0.111. The van der Waals surface area contributed by atoms with E-state index in [9.17, 15) is 9.18 Å². The minimum atomic E-state index is -0.718. The molecule has 1 aromatic heterocycles. The van der Waals surface area contributed by atoms with E-state index in [1.165, 1.54) is 29.3 Å². The lowest BCUT2D eigenvalue weighted by Gasteiger charge is -2.20. The van der Waals surface area contributed by atoms with Gasteiger partial charge >= 0.3 is 0 Å². The Balaban J connectivity index is 1.68. The van der Waals surface area contributed by atoms with Crippen LogP contribution in [0.25, 0.3) is 11.4 Å². The lowest BCUT2D eigenvalue weighted by atomic mass is 10.1. The number of nitrogens with zero attached hydrogens (tertiary/aromatic N) is 4. The summed E-state index contributed by atoms with van der Waals surface area (Å²) in [4.78, 5) is 16.2. The van der Waals surface area contributed by atoms with Crippen LogP contribution in [0, 0.1) is 5.82 Å². The number of amides is 1. The van der Waals surface area contributed by atoms with Gasteiger partial charge in [-0.1, -0.05) is 33.2 Å². The molecule has 0 saturated carbocycles. The molecule has 136 valence electrons. The predicted molar refractivity (Wildman–Crippen MR) is 100 cm³/mol. The summed E-state index contributed by atoms with van der Waals surface area (Å²) in [5, 5.41) is 9.84. The van der Waals surface area contributed by atoms with Crippen LogP contribution >= 0.6 is 15.9 Å². The largest absolute Gasteiger partial charge is 0.368 e. The molecule has 1 atom stereocenters. The van der Waals surface area contributed by atoms with Gasteiger partial charge in [0.1, 0.15) is 17.6 Å². The highest BCUT2D eigenvalue weighted by Gasteiger charge is 2.35. The van der Waals surface area contributed by atoms with Crippen molar-refractivity contribution in [2.24, 2.45) is 10.8 Å². The second kappa shape index (κ2) is 6.92. The highest BCUT2D eigenvalue weighted by molar-refractivity contribution is 9.10. The average Bonchev–Trinajstić information content (AvgIpc) is 3.30. The Kier molecular flexibility index (Phi) is 4.44. The van der Waals surface area contributed by atoms with Gasteiger partial charge in [-0.2, -0.15) is 10.1 Å². The summed E-state index contributed by atoms with van der Waals surface area (Å²) in [6, 6.07) is 12.4. The van der Waals surface area contributed by atoms with Crippen molar-refractivity contribution in [2.45, 2.75) is 12.5 Å². The van der Waals surface area contributed by atoms with Gasteiger partial charge in [0.25, 0.3) is 5.89 Å². The number of hydrogen-bond donors (Lipinski definition) is 1. The smallest absolute Gasteiger partial charge is 0.274 e. The summed E-state index contributed by atoms with van der Waals surface area (Å²) in [6.07, 6.45) is 0.213. The van der Waals surface area contributed by atoms with E-state index in [0.717, 1.165) is 10.0 Å². The standard InChI is InChI=1S/C18H13BrFN5O2/c19-13-4-2-1-3-12(13)17-22-18(27-24-17)14-9-15(16(21)26)25(23-14)11-7-5-10(20)6-8-11/h1-8,15H,9H2,(H2,21,26)/t15-/m1/s1. The number of primary amides is 1. The van der Waals surface area contributed by atoms with E-state index < -0.39 is 11.9 Å². The zero-order valence-corrected chi connectivity index (χ0v) is 15.4. The molecule has 2 N–H and O–H groups in total. The van der Waals surface area contributed by atoms with Crippen LogP contribution in [0.4, 0.5) is 10.1 Å². The van der Waals surface area contributed by atoms with E-state index in [1.807, 2.05) is 24.3 Å². The van der Waals surface area contributed by atoms with Crippen molar-refractivity contribution in [2.75, 3.05) is 5.01 Å². The highest BCUT2D eigenvalue weighted by Crippen LogP contribution is 2.29. The zero-order chi connectivity index (χ0) is 19.0. The molecule has 0 fully saturated rings. The normalized spacial score (nSPS) is 16.4. The quantitative estimate of drug-likeness (QED) is 0.686. The zero-order valence-electron chi connectivity index (χ0n) is 13.8. The monoisotopic (exact) mass is 429 g/mol. The molecule has 0 radical (unpaired) electrons. The summed E-state index contributed by atoms with van der Waals surface area (Å²) in [7, 11) is 0. The van der Waals surface area contributed by atoms with Crippen molar-refractivity contribution in [1.29, 1.82) is 0 Å². The first-order chi connectivity index (χ1) is 13.0. The molecule has 0 unspecified atom stereocenters. The number of anilines is 1. The molecule has 4 rings (SSSR count). The number of halogens is 2. The number of carbonyl (C=O) groups excluding carboxylic acids is 1. The summed E-state index contributed by atoms with van der Waals surface area (Å²) in [5.41, 5.74) is 7.26. The third kappa shape index (κ3) is 3.33. The van der Waals surface area contributed by atoms with E-state index >= 15 is 0 Å². The van der Waals surface area contributed by atoms with Crippen LogP contribution in [0.3, 0.4) is 0 Å². The maximum absolute atomic E-state index is 13.2. The number of carbonyl (C=O) groups is 1. The minimum Gasteiger partial charge on any atom is -0.368 e. The van der Waals surface area contributed by atoms with Gasteiger partial charge < -0.3 is 10.3 Å². The molecular formula is C18H13BrFN5O2. The number of rotatable bonds is 4. The van der Waals surface area contributed by atoms with E-state index in [-0.39, 0.29) is 18.1 Å². The number of nitrogens with two attached hydrogens (primary N) is 1. The molecule has 0 spiro atoms. The molecule has 0 bridgehead atoms. The van der Waals surface area contributed by atoms with E-state index in [4.69, 9.17) is 10.3 Å². The summed E-state index contributed by atoms with van der Waals surface area (Å²) in [6.45, 7) is 0. The van der Waals surface area contributed by atoms with Crippen LogP contribution in [0.1, 0.15) is 12.3 Å².